The SMILES string of the molecule is CCOP(=O)(CCCCCCn1c2ccc(C(C)=NOC(C)=O)cc2c2cc([N+](=O)[O-])ccc21)OCC. The number of aromatic nitrogens is 1. The van der Waals surface area contributed by atoms with Crippen LogP contribution >= 0.6 is 7.60 Å². The second kappa shape index (κ2) is 12.9. The Balaban J connectivity index is 1.81. The summed E-state index contributed by atoms with van der Waals surface area (Å²) in [6.45, 7) is 8.09. The van der Waals surface area contributed by atoms with Crippen LogP contribution < -0.4 is 0 Å². The minimum Gasteiger partial charge on any atom is -0.340 e. The predicted molar refractivity (Wildman–Crippen MR) is 144 cm³/mol. The number of carbonyl (C=O) groups is 1. The maximum atomic E-state index is 12.6. The molecule has 37 heavy (non-hydrogen) atoms. The maximum absolute atomic E-state index is 12.6. The summed E-state index contributed by atoms with van der Waals surface area (Å²) in [6, 6.07) is 10.7. The molecule has 0 aliphatic carbocycles. The summed E-state index contributed by atoms with van der Waals surface area (Å²) in [6.07, 6.45) is 3.87. The fraction of sp³-hybridized carbons (Fsp3) is 0.462. The highest BCUT2D eigenvalue weighted by Gasteiger charge is 2.22. The zero-order chi connectivity index (χ0) is 27.0. The molecule has 0 atom stereocenters. The van der Waals surface area contributed by atoms with Crippen molar-refractivity contribution in [3.8, 4) is 0 Å². The van der Waals surface area contributed by atoms with Crippen LogP contribution in [0, 0.1) is 10.1 Å². The number of aryl methyl sites for hydroxylation is 1. The van der Waals surface area contributed by atoms with Crippen molar-refractivity contribution < 1.29 is 28.2 Å². The van der Waals surface area contributed by atoms with Crippen LogP contribution in [0.1, 0.15) is 58.9 Å². The first-order valence-electron chi connectivity index (χ1n) is 12.5. The normalized spacial score (nSPS) is 12.4. The molecule has 0 unspecified atom stereocenters. The van der Waals surface area contributed by atoms with Crippen molar-refractivity contribution in [1.29, 1.82) is 0 Å². The average Bonchev–Trinajstić information content (AvgIpc) is 3.17. The fourth-order valence-electron chi connectivity index (χ4n) is 4.35. The van der Waals surface area contributed by atoms with Gasteiger partial charge in [0.2, 0.25) is 0 Å². The Kier molecular flexibility index (Phi) is 9.97. The number of non-ortho nitro benzene ring substituents is 1. The molecule has 0 aliphatic rings. The lowest BCUT2D eigenvalue weighted by molar-refractivity contribution is -0.384. The van der Waals surface area contributed by atoms with Gasteiger partial charge in [0.15, 0.2) is 0 Å². The lowest BCUT2D eigenvalue weighted by atomic mass is 10.1. The van der Waals surface area contributed by atoms with Crippen molar-refractivity contribution >= 4 is 46.8 Å². The van der Waals surface area contributed by atoms with Gasteiger partial charge in [0.25, 0.3) is 5.69 Å². The number of hydrogen-bond donors (Lipinski definition) is 0. The summed E-state index contributed by atoms with van der Waals surface area (Å²) in [4.78, 5) is 26.9. The fourth-order valence-corrected chi connectivity index (χ4v) is 6.08. The Morgan fingerprint density at radius 2 is 1.59 bits per heavy atom. The van der Waals surface area contributed by atoms with Gasteiger partial charge in [0, 0.05) is 47.4 Å². The molecular formula is C26H34N3O7P. The Morgan fingerprint density at radius 3 is 2.22 bits per heavy atom. The number of carbonyl (C=O) groups excluding carboxylic acids is 1. The molecule has 1 heterocycles. The minimum atomic E-state index is -3.02. The minimum absolute atomic E-state index is 0.0234. The third-order valence-corrected chi connectivity index (χ3v) is 8.17. The molecule has 0 radical (unpaired) electrons. The van der Waals surface area contributed by atoms with E-state index in [1.807, 2.05) is 32.0 Å². The van der Waals surface area contributed by atoms with Gasteiger partial charge in [-0.15, -0.1) is 0 Å². The number of fused-ring (bicyclic) bond motifs is 3. The van der Waals surface area contributed by atoms with Gasteiger partial charge in [-0.2, -0.15) is 0 Å². The lowest BCUT2D eigenvalue weighted by Crippen LogP contribution is -2.01. The second-order valence-corrected chi connectivity index (χ2v) is 10.9. The monoisotopic (exact) mass is 531 g/mol. The van der Waals surface area contributed by atoms with Gasteiger partial charge in [-0.25, -0.2) is 4.79 Å². The molecule has 1 aromatic heterocycles. The topological polar surface area (TPSA) is 122 Å². The standard InChI is InChI=1S/C26H34N3O7P/c1-5-34-37(33,35-6-2)16-10-8-7-9-15-28-25-13-11-21(19(3)27-36-20(4)30)17-23(25)24-18-22(29(31)32)12-14-26(24)28/h11-14,17-18H,5-10,15-16H2,1-4H3. The summed E-state index contributed by atoms with van der Waals surface area (Å²) in [7, 11) is -3.02. The quantitative estimate of drug-likeness (QED) is 0.0559. The van der Waals surface area contributed by atoms with E-state index in [0.29, 0.717) is 25.1 Å². The molecule has 10 nitrogen and oxygen atoms in total. The highest BCUT2D eigenvalue weighted by molar-refractivity contribution is 7.53. The Labute approximate surface area is 216 Å². The number of nitro benzene ring substituents is 1. The number of nitrogens with zero attached hydrogens (tertiary/aromatic N) is 3. The van der Waals surface area contributed by atoms with E-state index in [1.54, 1.807) is 19.1 Å². The van der Waals surface area contributed by atoms with Crippen molar-refractivity contribution in [2.45, 2.75) is 59.9 Å². The van der Waals surface area contributed by atoms with Crippen LogP contribution in [-0.4, -0.2) is 40.5 Å². The molecule has 3 rings (SSSR count). The molecule has 0 aliphatic heterocycles. The van der Waals surface area contributed by atoms with Crippen LogP contribution in [-0.2, 0) is 29.8 Å². The van der Waals surface area contributed by atoms with Crippen LogP contribution in [0.15, 0.2) is 41.6 Å². The zero-order valence-electron chi connectivity index (χ0n) is 21.8. The number of unbranched alkanes of at least 4 members (excludes halogenated alkanes) is 3. The summed E-state index contributed by atoms with van der Waals surface area (Å²) in [5, 5.41) is 16.9. The van der Waals surface area contributed by atoms with Crippen molar-refractivity contribution in [2.75, 3.05) is 19.4 Å². The number of benzene rings is 2. The molecule has 2 aromatic carbocycles. The van der Waals surface area contributed by atoms with Gasteiger partial charge >= 0.3 is 13.6 Å². The molecule has 0 bridgehead atoms. The van der Waals surface area contributed by atoms with Crippen LogP contribution in [0.3, 0.4) is 0 Å². The summed E-state index contributed by atoms with van der Waals surface area (Å²) in [5.74, 6) is -0.508. The van der Waals surface area contributed by atoms with E-state index < -0.39 is 18.5 Å². The van der Waals surface area contributed by atoms with E-state index in [0.717, 1.165) is 59.6 Å². The molecule has 0 saturated heterocycles. The van der Waals surface area contributed by atoms with Crippen molar-refractivity contribution in [3.05, 3.63) is 52.1 Å². The Bertz CT molecular complexity index is 1340. The first-order valence-corrected chi connectivity index (χ1v) is 14.2. The van der Waals surface area contributed by atoms with E-state index in [9.17, 15) is 19.5 Å². The second-order valence-electron chi connectivity index (χ2n) is 8.69. The summed E-state index contributed by atoms with van der Waals surface area (Å²) >= 11 is 0. The van der Waals surface area contributed by atoms with Gasteiger partial charge in [0.1, 0.15) is 0 Å². The molecular weight excluding hydrogens is 497 g/mol. The van der Waals surface area contributed by atoms with Gasteiger partial charge < -0.3 is 18.5 Å². The highest BCUT2D eigenvalue weighted by atomic mass is 31.2. The smallest absolute Gasteiger partial charge is 0.331 e. The van der Waals surface area contributed by atoms with Crippen LogP contribution in [0.25, 0.3) is 21.8 Å². The predicted octanol–water partition coefficient (Wildman–Crippen LogP) is 6.82. The Morgan fingerprint density at radius 1 is 0.973 bits per heavy atom. The van der Waals surface area contributed by atoms with Crippen molar-refractivity contribution in [2.24, 2.45) is 5.16 Å². The van der Waals surface area contributed by atoms with Gasteiger partial charge in [-0.1, -0.05) is 24.1 Å². The number of hydrogen-bond acceptors (Lipinski definition) is 8. The number of oxime groups is 1. The summed E-state index contributed by atoms with van der Waals surface area (Å²) < 4.78 is 25.5. The van der Waals surface area contributed by atoms with E-state index in [-0.39, 0.29) is 5.69 Å². The van der Waals surface area contributed by atoms with Gasteiger partial charge in [-0.05, 0) is 57.4 Å². The van der Waals surface area contributed by atoms with Gasteiger partial charge in [-0.3, -0.25) is 14.7 Å². The van der Waals surface area contributed by atoms with E-state index >= 15 is 0 Å². The highest BCUT2D eigenvalue weighted by Crippen LogP contribution is 2.48. The van der Waals surface area contributed by atoms with Gasteiger partial charge in [0.05, 0.1) is 30.0 Å². The van der Waals surface area contributed by atoms with E-state index in [1.165, 1.54) is 13.0 Å². The Hall–Kier alpha value is -3.07. The van der Waals surface area contributed by atoms with Crippen molar-refractivity contribution in [3.63, 3.8) is 0 Å². The largest absolute Gasteiger partial charge is 0.340 e. The molecule has 3 aromatic rings. The van der Waals surface area contributed by atoms with Crippen LogP contribution in [0.4, 0.5) is 5.69 Å². The molecule has 0 saturated carbocycles. The molecule has 11 heteroatoms. The molecule has 0 spiro atoms. The third-order valence-electron chi connectivity index (χ3n) is 6.00. The average molecular weight is 532 g/mol. The van der Waals surface area contributed by atoms with Crippen molar-refractivity contribution in [1.82, 2.24) is 4.57 Å². The first kappa shape index (κ1) is 28.5. The number of nitro groups is 1. The zero-order valence-corrected chi connectivity index (χ0v) is 22.7. The molecule has 0 N–H and O–H groups in total. The molecule has 0 fully saturated rings. The molecule has 0 amide bonds. The molecule has 200 valence electrons. The van der Waals surface area contributed by atoms with Crippen LogP contribution in [0.2, 0.25) is 0 Å². The van der Waals surface area contributed by atoms with E-state index in [4.69, 9.17) is 13.9 Å². The third kappa shape index (κ3) is 7.25. The lowest BCUT2D eigenvalue weighted by Gasteiger charge is -2.16. The van der Waals surface area contributed by atoms with E-state index in [2.05, 4.69) is 9.72 Å². The first-order chi connectivity index (χ1) is 17.7. The number of rotatable bonds is 14. The maximum Gasteiger partial charge on any atom is 0.331 e. The van der Waals surface area contributed by atoms with Crippen LogP contribution in [0.5, 0.6) is 0 Å². The summed E-state index contributed by atoms with van der Waals surface area (Å²) in [5.41, 5.74) is 3.17.